The molecule has 0 aliphatic rings. The first-order valence-corrected chi connectivity index (χ1v) is 9.98. The molecule has 0 saturated carbocycles. The van der Waals surface area contributed by atoms with Crippen molar-refractivity contribution in [3.8, 4) is 0 Å². The standard InChI is InChI=1S/C11H22ClNO3Si/c1-6-11(7-16-10(3)15)13(9(2)14)8-17(4,5)12/h11H,6-8H2,1-5H3. The molecule has 0 spiro atoms. The van der Waals surface area contributed by atoms with Crippen LogP contribution >= 0.6 is 11.1 Å². The van der Waals surface area contributed by atoms with Crippen LogP contribution in [-0.2, 0) is 14.3 Å². The Balaban J connectivity index is 4.63. The van der Waals surface area contributed by atoms with Crippen LogP contribution in [-0.4, -0.2) is 43.0 Å². The Morgan fingerprint density at radius 3 is 2.18 bits per heavy atom. The van der Waals surface area contributed by atoms with Crippen molar-refractivity contribution in [1.29, 1.82) is 0 Å². The maximum Gasteiger partial charge on any atom is 0.302 e. The highest BCUT2D eigenvalue weighted by Crippen LogP contribution is 2.14. The zero-order chi connectivity index (χ0) is 13.6. The largest absolute Gasteiger partial charge is 0.464 e. The second-order valence-electron chi connectivity index (χ2n) is 4.73. The average molecular weight is 280 g/mol. The van der Waals surface area contributed by atoms with Crippen molar-refractivity contribution < 1.29 is 14.3 Å². The predicted molar refractivity (Wildman–Crippen MR) is 71.4 cm³/mol. The molecule has 1 atom stereocenters. The van der Waals surface area contributed by atoms with E-state index in [4.69, 9.17) is 15.8 Å². The van der Waals surface area contributed by atoms with Crippen LogP contribution in [0.15, 0.2) is 0 Å². The number of esters is 1. The van der Waals surface area contributed by atoms with Gasteiger partial charge in [-0.1, -0.05) is 20.0 Å². The summed E-state index contributed by atoms with van der Waals surface area (Å²) in [5.41, 5.74) is 0. The molecule has 0 saturated heterocycles. The zero-order valence-electron chi connectivity index (χ0n) is 11.2. The van der Waals surface area contributed by atoms with E-state index in [1.165, 1.54) is 13.8 Å². The second kappa shape index (κ2) is 7.01. The van der Waals surface area contributed by atoms with Gasteiger partial charge in [-0.25, -0.2) is 0 Å². The van der Waals surface area contributed by atoms with Crippen molar-refractivity contribution >= 4 is 30.3 Å². The molecule has 0 aromatic carbocycles. The van der Waals surface area contributed by atoms with Crippen LogP contribution in [0.3, 0.4) is 0 Å². The fourth-order valence-corrected chi connectivity index (χ4v) is 3.22. The number of rotatable bonds is 6. The minimum atomic E-state index is -1.88. The number of nitrogens with zero attached hydrogens (tertiary/aromatic N) is 1. The molecule has 4 nitrogen and oxygen atoms in total. The quantitative estimate of drug-likeness (QED) is 0.425. The Morgan fingerprint density at radius 1 is 1.35 bits per heavy atom. The topological polar surface area (TPSA) is 46.6 Å². The van der Waals surface area contributed by atoms with Gasteiger partial charge in [-0.2, -0.15) is 11.1 Å². The molecule has 17 heavy (non-hydrogen) atoms. The van der Waals surface area contributed by atoms with Gasteiger partial charge in [-0.15, -0.1) is 0 Å². The fraction of sp³-hybridized carbons (Fsp3) is 0.818. The van der Waals surface area contributed by atoms with E-state index in [1.807, 2.05) is 20.0 Å². The molecule has 0 aromatic heterocycles. The summed E-state index contributed by atoms with van der Waals surface area (Å²) in [6.07, 6.45) is 1.32. The summed E-state index contributed by atoms with van der Waals surface area (Å²) >= 11 is 6.27. The van der Waals surface area contributed by atoms with Gasteiger partial charge in [0, 0.05) is 20.0 Å². The van der Waals surface area contributed by atoms with Gasteiger partial charge in [-0.05, 0) is 6.42 Å². The van der Waals surface area contributed by atoms with Gasteiger partial charge >= 0.3 is 5.97 Å². The van der Waals surface area contributed by atoms with E-state index in [0.717, 1.165) is 6.42 Å². The van der Waals surface area contributed by atoms with Crippen LogP contribution in [0.1, 0.15) is 27.2 Å². The number of hydrogen-bond donors (Lipinski definition) is 0. The Morgan fingerprint density at radius 2 is 1.88 bits per heavy atom. The highest BCUT2D eigenvalue weighted by molar-refractivity contribution is 7.19. The molecule has 0 aromatic rings. The third kappa shape index (κ3) is 7.39. The summed E-state index contributed by atoms with van der Waals surface area (Å²) in [6, 6.07) is -0.0816. The number of halogens is 1. The van der Waals surface area contributed by atoms with Crippen LogP contribution in [0.4, 0.5) is 0 Å². The predicted octanol–water partition coefficient (Wildman–Crippen LogP) is 2.16. The van der Waals surface area contributed by atoms with E-state index in [0.29, 0.717) is 6.17 Å². The van der Waals surface area contributed by atoms with Crippen molar-refractivity contribution in [3.63, 3.8) is 0 Å². The van der Waals surface area contributed by atoms with E-state index in [2.05, 4.69) is 0 Å². The number of carbonyl (C=O) groups is 2. The van der Waals surface area contributed by atoms with Crippen molar-refractivity contribution in [1.82, 2.24) is 4.90 Å². The smallest absolute Gasteiger partial charge is 0.302 e. The Hall–Kier alpha value is -0.553. The third-order valence-electron chi connectivity index (χ3n) is 2.34. The van der Waals surface area contributed by atoms with Gasteiger partial charge in [-0.3, -0.25) is 9.59 Å². The summed E-state index contributed by atoms with van der Waals surface area (Å²) in [5, 5.41) is 0. The molecule has 1 amide bonds. The van der Waals surface area contributed by atoms with Gasteiger partial charge < -0.3 is 9.64 Å². The molecule has 0 aliphatic heterocycles. The lowest BCUT2D eigenvalue weighted by molar-refractivity contribution is -0.145. The summed E-state index contributed by atoms with van der Waals surface area (Å²) in [6.45, 7) is 9.07. The maximum atomic E-state index is 11.6. The highest BCUT2D eigenvalue weighted by atomic mass is 35.6. The van der Waals surface area contributed by atoms with Gasteiger partial charge in [0.2, 0.25) is 5.91 Å². The Kier molecular flexibility index (Phi) is 6.78. The lowest BCUT2D eigenvalue weighted by Gasteiger charge is -2.33. The van der Waals surface area contributed by atoms with Crippen molar-refractivity contribution in [2.45, 2.75) is 46.3 Å². The van der Waals surface area contributed by atoms with Gasteiger partial charge in [0.05, 0.1) is 6.04 Å². The Labute approximate surface area is 109 Å². The molecule has 0 fully saturated rings. The van der Waals surface area contributed by atoms with Crippen LogP contribution in [0, 0.1) is 0 Å². The molecule has 0 N–H and O–H groups in total. The van der Waals surface area contributed by atoms with Crippen molar-refractivity contribution in [3.05, 3.63) is 0 Å². The van der Waals surface area contributed by atoms with E-state index >= 15 is 0 Å². The molecule has 1 unspecified atom stereocenters. The van der Waals surface area contributed by atoms with Crippen LogP contribution in [0.25, 0.3) is 0 Å². The first-order chi connectivity index (χ1) is 7.67. The molecular formula is C11H22ClNO3Si. The molecule has 0 heterocycles. The first kappa shape index (κ1) is 16.4. The van der Waals surface area contributed by atoms with Crippen LogP contribution in [0.2, 0.25) is 13.1 Å². The van der Waals surface area contributed by atoms with E-state index < -0.39 is 7.38 Å². The zero-order valence-corrected chi connectivity index (χ0v) is 13.0. The number of amides is 1. The lowest BCUT2D eigenvalue weighted by Crippen LogP contribution is -2.48. The van der Waals surface area contributed by atoms with Crippen molar-refractivity contribution in [2.24, 2.45) is 0 Å². The first-order valence-electron chi connectivity index (χ1n) is 5.77. The number of hydrogen-bond acceptors (Lipinski definition) is 3. The fourth-order valence-electron chi connectivity index (χ4n) is 1.54. The van der Waals surface area contributed by atoms with Crippen molar-refractivity contribution in [2.75, 3.05) is 12.8 Å². The monoisotopic (exact) mass is 279 g/mol. The van der Waals surface area contributed by atoms with Crippen LogP contribution in [0.5, 0.6) is 0 Å². The molecule has 0 aliphatic carbocycles. The molecule has 100 valence electrons. The maximum absolute atomic E-state index is 11.6. The molecule has 0 rings (SSSR count). The van der Waals surface area contributed by atoms with E-state index in [9.17, 15) is 9.59 Å². The molecule has 6 heteroatoms. The van der Waals surface area contributed by atoms with Crippen LogP contribution < -0.4 is 0 Å². The van der Waals surface area contributed by atoms with E-state index in [-0.39, 0.29) is 24.5 Å². The van der Waals surface area contributed by atoms with E-state index in [1.54, 1.807) is 4.90 Å². The van der Waals surface area contributed by atoms with Gasteiger partial charge in [0.1, 0.15) is 6.61 Å². The summed E-state index contributed by atoms with van der Waals surface area (Å²) in [4.78, 5) is 24.1. The van der Waals surface area contributed by atoms with Gasteiger partial charge in [0.15, 0.2) is 7.38 Å². The molecule has 0 bridgehead atoms. The molecular weight excluding hydrogens is 258 g/mol. The minimum absolute atomic E-state index is 0.0229. The third-order valence-corrected chi connectivity index (χ3v) is 3.79. The normalized spacial score (nSPS) is 13.1. The summed E-state index contributed by atoms with van der Waals surface area (Å²) in [7, 11) is -1.88. The minimum Gasteiger partial charge on any atom is -0.464 e. The molecule has 0 radical (unpaired) electrons. The summed E-state index contributed by atoms with van der Waals surface area (Å²) in [5.74, 6) is -0.348. The van der Waals surface area contributed by atoms with Gasteiger partial charge in [0.25, 0.3) is 0 Å². The summed E-state index contributed by atoms with van der Waals surface area (Å²) < 4.78 is 4.98. The number of ether oxygens (including phenoxy) is 1. The average Bonchev–Trinajstić information content (AvgIpc) is 2.14. The number of carbonyl (C=O) groups excluding carboxylic acids is 2. The Bertz CT molecular complexity index is 278. The highest BCUT2D eigenvalue weighted by Gasteiger charge is 2.28. The lowest BCUT2D eigenvalue weighted by atomic mass is 10.2. The second-order valence-corrected chi connectivity index (χ2v) is 11.6. The SMILES string of the molecule is CCC(COC(C)=O)N(C[Si](C)(C)Cl)C(C)=O.